The summed E-state index contributed by atoms with van der Waals surface area (Å²) in [5.41, 5.74) is 2.10. The fourth-order valence-corrected chi connectivity index (χ4v) is 3.87. The van der Waals surface area contributed by atoms with Crippen molar-refractivity contribution in [2.45, 2.75) is 46.0 Å². The van der Waals surface area contributed by atoms with Crippen LogP contribution in [-0.2, 0) is 14.3 Å². The quantitative estimate of drug-likeness (QED) is 0.604. The molecule has 0 saturated heterocycles. The number of ether oxygens (including phenoxy) is 1. The lowest BCUT2D eigenvalue weighted by molar-refractivity contribution is -0.136. The molecule has 1 heterocycles. The van der Waals surface area contributed by atoms with Gasteiger partial charge in [0.1, 0.15) is 12.4 Å². The number of fused-ring (bicyclic) bond motifs is 2. The molecule has 0 aromatic rings. The maximum absolute atomic E-state index is 11.7. The Kier molecular flexibility index (Phi) is 2.08. The third-order valence-corrected chi connectivity index (χ3v) is 5.37. The zero-order valence-corrected chi connectivity index (χ0v) is 10.5. The summed E-state index contributed by atoms with van der Waals surface area (Å²) in [5.74, 6) is 0.249. The van der Waals surface area contributed by atoms with Crippen molar-refractivity contribution in [2.24, 2.45) is 10.8 Å². The van der Waals surface area contributed by atoms with Crippen molar-refractivity contribution >= 4 is 11.8 Å². The average molecular weight is 234 g/mol. The zero-order chi connectivity index (χ0) is 12.3. The fourth-order valence-electron chi connectivity index (χ4n) is 3.87. The maximum atomic E-state index is 11.7. The Morgan fingerprint density at radius 3 is 2.65 bits per heavy atom. The molecule has 17 heavy (non-hydrogen) atoms. The number of hydrogen-bond acceptors (Lipinski definition) is 3. The standard InChI is InChI=1S/C14H18O3/c1-13-5-4-10-11(8-17-12(10)16)14(13,2)6-3-9(15)7-13/h3-8H2,1-2H3. The molecule has 1 fully saturated rings. The van der Waals surface area contributed by atoms with Gasteiger partial charge in [0.25, 0.3) is 0 Å². The Morgan fingerprint density at radius 2 is 1.88 bits per heavy atom. The van der Waals surface area contributed by atoms with E-state index in [1.54, 1.807) is 0 Å². The largest absolute Gasteiger partial charge is 0.458 e. The zero-order valence-electron chi connectivity index (χ0n) is 10.5. The second-order valence-electron chi connectivity index (χ2n) is 6.14. The molecule has 2 atom stereocenters. The molecule has 3 heteroatoms. The third-order valence-electron chi connectivity index (χ3n) is 5.37. The first-order chi connectivity index (χ1) is 7.96. The Bertz CT molecular complexity index is 448. The van der Waals surface area contributed by atoms with E-state index in [-0.39, 0.29) is 16.8 Å². The highest BCUT2D eigenvalue weighted by Gasteiger charge is 2.55. The Morgan fingerprint density at radius 1 is 1.12 bits per heavy atom. The number of ketones is 1. The van der Waals surface area contributed by atoms with E-state index in [2.05, 4.69) is 13.8 Å². The lowest BCUT2D eigenvalue weighted by atomic mass is 9.50. The van der Waals surface area contributed by atoms with Crippen molar-refractivity contribution in [3.8, 4) is 0 Å². The first-order valence-electron chi connectivity index (χ1n) is 6.38. The van der Waals surface area contributed by atoms with Crippen molar-refractivity contribution in [3.05, 3.63) is 11.1 Å². The number of esters is 1. The van der Waals surface area contributed by atoms with Gasteiger partial charge in [0.2, 0.25) is 0 Å². The van der Waals surface area contributed by atoms with Crippen LogP contribution in [0.1, 0.15) is 46.0 Å². The van der Waals surface area contributed by atoms with Crippen LogP contribution < -0.4 is 0 Å². The van der Waals surface area contributed by atoms with Crippen LogP contribution in [0.5, 0.6) is 0 Å². The van der Waals surface area contributed by atoms with Gasteiger partial charge in [-0.15, -0.1) is 0 Å². The summed E-state index contributed by atoms with van der Waals surface area (Å²) in [7, 11) is 0. The summed E-state index contributed by atoms with van der Waals surface area (Å²) in [6, 6.07) is 0. The maximum Gasteiger partial charge on any atom is 0.334 e. The minimum absolute atomic E-state index is 0.0132. The average Bonchev–Trinajstić information content (AvgIpc) is 2.64. The van der Waals surface area contributed by atoms with E-state index >= 15 is 0 Å². The highest BCUT2D eigenvalue weighted by Crippen LogP contribution is 2.60. The van der Waals surface area contributed by atoms with Crippen molar-refractivity contribution in [1.29, 1.82) is 0 Å². The lowest BCUT2D eigenvalue weighted by Gasteiger charge is -2.53. The Labute approximate surface area is 101 Å². The van der Waals surface area contributed by atoms with E-state index < -0.39 is 0 Å². The predicted octanol–water partition coefficient (Wildman–Crippen LogP) is 2.40. The monoisotopic (exact) mass is 234 g/mol. The van der Waals surface area contributed by atoms with Crippen molar-refractivity contribution in [1.82, 2.24) is 0 Å². The Hall–Kier alpha value is -1.12. The minimum Gasteiger partial charge on any atom is -0.458 e. The summed E-state index contributed by atoms with van der Waals surface area (Å²) >= 11 is 0. The molecule has 92 valence electrons. The van der Waals surface area contributed by atoms with Crippen molar-refractivity contribution < 1.29 is 14.3 Å². The highest BCUT2D eigenvalue weighted by molar-refractivity contribution is 5.93. The molecule has 0 aromatic carbocycles. The molecular weight excluding hydrogens is 216 g/mol. The summed E-state index contributed by atoms with van der Waals surface area (Å²) in [4.78, 5) is 23.4. The summed E-state index contributed by atoms with van der Waals surface area (Å²) in [6.07, 6.45) is 3.90. The molecular formula is C14H18O3. The van der Waals surface area contributed by atoms with Crippen LogP contribution in [0.2, 0.25) is 0 Å². The van der Waals surface area contributed by atoms with E-state index in [1.807, 2.05) is 0 Å². The van der Waals surface area contributed by atoms with Gasteiger partial charge in [0, 0.05) is 18.4 Å². The third kappa shape index (κ3) is 1.28. The number of carbonyl (C=O) groups excluding carboxylic acids is 2. The normalized spacial score (nSPS) is 41.1. The van der Waals surface area contributed by atoms with Gasteiger partial charge in [-0.2, -0.15) is 0 Å². The van der Waals surface area contributed by atoms with Crippen LogP contribution in [0.4, 0.5) is 0 Å². The van der Waals surface area contributed by atoms with Crippen LogP contribution in [0.3, 0.4) is 0 Å². The summed E-state index contributed by atoms with van der Waals surface area (Å²) < 4.78 is 5.19. The van der Waals surface area contributed by atoms with E-state index in [9.17, 15) is 9.59 Å². The van der Waals surface area contributed by atoms with Gasteiger partial charge >= 0.3 is 5.97 Å². The van der Waals surface area contributed by atoms with Gasteiger partial charge in [-0.3, -0.25) is 4.79 Å². The predicted molar refractivity (Wildman–Crippen MR) is 62.3 cm³/mol. The second-order valence-corrected chi connectivity index (χ2v) is 6.14. The van der Waals surface area contributed by atoms with E-state index in [0.29, 0.717) is 25.2 Å². The van der Waals surface area contributed by atoms with Gasteiger partial charge in [-0.1, -0.05) is 13.8 Å². The van der Waals surface area contributed by atoms with Crippen LogP contribution in [-0.4, -0.2) is 18.4 Å². The molecule has 0 amide bonds. The smallest absolute Gasteiger partial charge is 0.334 e. The summed E-state index contributed by atoms with van der Waals surface area (Å²) in [6.45, 7) is 4.88. The number of Topliss-reactive ketones (excluding diaryl/α,β-unsaturated/α-hetero) is 1. The topological polar surface area (TPSA) is 43.4 Å². The lowest BCUT2D eigenvalue weighted by Crippen LogP contribution is -2.47. The molecule has 2 unspecified atom stereocenters. The van der Waals surface area contributed by atoms with Crippen LogP contribution >= 0.6 is 0 Å². The number of carbonyl (C=O) groups is 2. The molecule has 1 saturated carbocycles. The molecule has 3 nitrogen and oxygen atoms in total. The Balaban J connectivity index is 2.09. The molecule has 1 aliphatic heterocycles. The fraction of sp³-hybridized carbons (Fsp3) is 0.714. The van der Waals surface area contributed by atoms with Crippen LogP contribution in [0, 0.1) is 10.8 Å². The van der Waals surface area contributed by atoms with Crippen molar-refractivity contribution in [2.75, 3.05) is 6.61 Å². The minimum atomic E-state index is -0.125. The van der Waals surface area contributed by atoms with Crippen LogP contribution in [0.25, 0.3) is 0 Å². The SMILES string of the molecule is CC12CCC3=C(COC3=O)C1(C)CCC(=O)C2. The van der Waals surface area contributed by atoms with Gasteiger partial charge < -0.3 is 4.74 Å². The number of hydrogen-bond donors (Lipinski definition) is 0. The molecule has 0 bridgehead atoms. The molecule has 3 aliphatic rings. The molecule has 3 rings (SSSR count). The number of rotatable bonds is 0. The van der Waals surface area contributed by atoms with Gasteiger partial charge in [-0.05, 0) is 35.7 Å². The molecule has 2 aliphatic carbocycles. The van der Waals surface area contributed by atoms with E-state index in [0.717, 1.165) is 24.8 Å². The summed E-state index contributed by atoms with van der Waals surface area (Å²) in [5, 5.41) is 0. The molecule has 0 spiro atoms. The second kappa shape index (κ2) is 3.21. The van der Waals surface area contributed by atoms with Crippen molar-refractivity contribution in [3.63, 3.8) is 0 Å². The molecule has 0 radical (unpaired) electrons. The molecule has 0 aromatic heterocycles. The van der Waals surface area contributed by atoms with Gasteiger partial charge in [0.05, 0.1) is 0 Å². The van der Waals surface area contributed by atoms with Gasteiger partial charge in [-0.25, -0.2) is 4.79 Å². The van der Waals surface area contributed by atoms with E-state index in [4.69, 9.17) is 4.74 Å². The van der Waals surface area contributed by atoms with Crippen LogP contribution in [0.15, 0.2) is 11.1 Å². The number of cyclic esters (lactones) is 1. The molecule has 0 N–H and O–H groups in total. The van der Waals surface area contributed by atoms with Gasteiger partial charge in [0.15, 0.2) is 0 Å². The first kappa shape index (κ1) is 11.0. The van der Waals surface area contributed by atoms with E-state index in [1.165, 1.54) is 5.57 Å². The highest BCUT2D eigenvalue weighted by atomic mass is 16.5. The first-order valence-corrected chi connectivity index (χ1v) is 6.38.